The molecule has 1 saturated heterocycles. The third-order valence-electron chi connectivity index (χ3n) is 9.06. The highest BCUT2D eigenvalue weighted by Gasteiger charge is 2.41. The number of carbonyl (C=O) groups excluding carboxylic acids is 1. The third kappa shape index (κ3) is 5.70. The maximum atomic E-state index is 13.8. The Hall–Kier alpha value is -2.24. The lowest BCUT2D eigenvalue weighted by molar-refractivity contribution is -0.137. The summed E-state index contributed by atoms with van der Waals surface area (Å²) in [6, 6.07) is 12.1. The van der Waals surface area contributed by atoms with Gasteiger partial charge in [0.15, 0.2) is 11.5 Å². The molecule has 38 heavy (non-hydrogen) atoms. The summed E-state index contributed by atoms with van der Waals surface area (Å²) in [6.07, 6.45) is 7.23. The smallest absolute Gasteiger partial charge is 0.228 e. The first-order valence-corrected chi connectivity index (χ1v) is 14.7. The highest BCUT2D eigenvalue weighted by Crippen LogP contribution is 2.46. The molecule has 5 nitrogen and oxygen atoms in total. The summed E-state index contributed by atoms with van der Waals surface area (Å²) in [5, 5.41) is 0.698. The molecule has 2 aliphatic heterocycles. The van der Waals surface area contributed by atoms with Gasteiger partial charge in [0.1, 0.15) is 0 Å². The minimum atomic E-state index is -0.168. The molecule has 2 atom stereocenters. The van der Waals surface area contributed by atoms with E-state index in [9.17, 15) is 4.79 Å². The Bertz CT molecular complexity index is 1100. The van der Waals surface area contributed by atoms with Gasteiger partial charge in [0.05, 0.1) is 25.7 Å². The lowest BCUT2D eigenvalue weighted by Gasteiger charge is -2.46. The third-order valence-corrected chi connectivity index (χ3v) is 9.32. The Kier molecular flexibility index (Phi) is 8.54. The van der Waals surface area contributed by atoms with Crippen molar-refractivity contribution < 1.29 is 19.0 Å². The van der Waals surface area contributed by atoms with Gasteiger partial charge < -0.3 is 19.1 Å². The molecule has 1 aliphatic carbocycles. The Balaban J connectivity index is 1.45. The van der Waals surface area contributed by atoms with Gasteiger partial charge in [0.2, 0.25) is 5.91 Å². The summed E-state index contributed by atoms with van der Waals surface area (Å²) < 4.78 is 17.4. The van der Waals surface area contributed by atoms with Crippen LogP contribution in [-0.2, 0) is 16.0 Å². The first kappa shape index (κ1) is 27.3. The summed E-state index contributed by atoms with van der Waals surface area (Å²) >= 11 is 6.27. The lowest BCUT2D eigenvalue weighted by Crippen LogP contribution is -2.48. The number of hydrogen-bond acceptors (Lipinski definition) is 4. The predicted molar refractivity (Wildman–Crippen MR) is 151 cm³/mol. The van der Waals surface area contributed by atoms with Gasteiger partial charge in [0.25, 0.3) is 0 Å². The number of amides is 1. The van der Waals surface area contributed by atoms with Crippen LogP contribution in [-0.4, -0.2) is 43.3 Å². The van der Waals surface area contributed by atoms with Crippen LogP contribution in [0.4, 0.5) is 0 Å². The average Bonchev–Trinajstić information content (AvgIpc) is 2.93. The van der Waals surface area contributed by atoms with Crippen molar-refractivity contribution in [3.63, 3.8) is 0 Å². The van der Waals surface area contributed by atoms with Crippen molar-refractivity contribution in [2.45, 2.75) is 83.9 Å². The van der Waals surface area contributed by atoms with Gasteiger partial charge in [-0.05, 0) is 111 Å². The number of rotatable bonds is 7. The zero-order valence-corrected chi connectivity index (χ0v) is 24.0. The second-order valence-electron chi connectivity index (χ2n) is 11.7. The van der Waals surface area contributed by atoms with E-state index in [4.69, 9.17) is 25.8 Å². The van der Waals surface area contributed by atoms with Crippen molar-refractivity contribution in [1.82, 2.24) is 4.90 Å². The van der Waals surface area contributed by atoms with E-state index < -0.39 is 0 Å². The second kappa shape index (κ2) is 11.9. The van der Waals surface area contributed by atoms with Crippen LogP contribution >= 0.6 is 11.6 Å². The van der Waals surface area contributed by atoms with Gasteiger partial charge in [-0.25, -0.2) is 0 Å². The maximum absolute atomic E-state index is 13.8. The maximum Gasteiger partial charge on any atom is 0.228 e. The molecule has 0 radical (unpaired) electrons. The summed E-state index contributed by atoms with van der Waals surface area (Å²) in [4.78, 5) is 16.0. The van der Waals surface area contributed by atoms with Crippen LogP contribution < -0.4 is 9.47 Å². The van der Waals surface area contributed by atoms with E-state index in [1.165, 1.54) is 25.7 Å². The average molecular weight is 540 g/mol. The molecule has 2 aromatic rings. The van der Waals surface area contributed by atoms with Gasteiger partial charge in [-0.2, -0.15) is 0 Å². The highest BCUT2D eigenvalue weighted by molar-refractivity contribution is 6.30. The van der Waals surface area contributed by atoms with E-state index in [0.29, 0.717) is 23.1 Å². The van der Waals surface area contributed by atoms with Crippen molar-refractivity contribution in [3.05, 3.63) is 58.1 Å². The number of nitrogens with zero attached hydrogens (tertiary/aromatic N) is 1. The standard InChI is InChI=1S/C32H42ClNO4/c1-20(2)38-30-19-28-25(17-29(30)36-4)18-31(35)34(32(28)24-5-9-26(33)10-6-24)27-11-7-22(8-12-27)21(3)23-13-15-37-16-14-23/h5-6,9-10,17,19-23,27,32H,7-8,11-16,18H2,1-4H3/t21-,22?,27?,32+/m1/s1. The fourth-order valence-electron chi connectivity index (χ4n) is 7.01. The highest BCUT2D eigenvalue weighted by atomic mass is 35.5. The van der Waals surface area contributed by atoms with E-state index in [1.54, 1.807) is 7.11 Å². The molecule has 5 rings (SSSR count). The molecule has 0 bridgehead atoms. The summed E-state index contributed by atoms with van der Waals surface area (Å²) in [7, 11) is 1.66. The van der Waals surface area contributed by atoms with Gasteiger partial charge >= 0.3 is 0 Å². The van der Waals surface area contributed by atoms with Gasteiger partial charge in [-0.15, -0.1) is 0 Å². The molecule has 1 amide bonds. The van der Waals surface area contributed by atoms with E-state index in [2.05, 4.69) is 30.0 Å². The predicted octanol–water partition coefficient (Wildman–Crippen LogP) is 7.23. The van der Waals surface area contributed by atoms with Crippen LogP contribution in [0.15, 0.2) is 36.4 Å². The lowest BCUT2D eigenvalue weighted by atomic mass is 9.71. The van der Waals surface area contributed by atoms with Crippen molar-refractivity contribution in [2.24, 2.45) is 17.8 Å². The Morgan fingerprint density at radius 1 is 0.921 bits per heavy atom. The zero-order chi connectivity index (χ0) is 26.8. The van der Waals surface area contributed by atoms with Gasteiger partial charge in [-0.3, -0.25) is 4.79 Å². The molecule has 2 fully saturated rings. The Morgan fingerprint density at radius 2 is 1.58 bits per heavy atom. The first-order chi connectivity index (χ1) is 18.4. The molecule has 1 saturated carbocycles. The molecular formula is C32H42ClNO4. The van der Waals surface area contributed by atoms with Crippen molar-refractivity contribution in [1.29, 1.82) is 0 Å². The van der Waals surface area contributed by atoms with E-state index in [1.807, 2.05) is 32.0 Å². The molecule has 6 heteroatoms. The summed E-state index contributed by atoms with van der Waals surface area (Å²) in [5.74, 6) is 3.81. The fraction of sp³-hybridized carbons (Fsp3) is 0.594. The normalized spacial score (nSPS) is 25.3. The molecule has 0 aromatic heterocycles. The molecule has 3 aliphatic rings. The molecule has 2 heterocycles. The SMILES string of the molecule is COc1cc2c(cc1OC(C)C)[C@H](c1ccc(Cl)cc1)N(C1CCC([C@@H](C)C3CCOCC3)CC1)C(=O)C2. The molecule has 206 valence electrons. The molecular weight excluding hydrogens is 498 g/mol. The molecule has 2 aromatic carbocycles. The number of methoxy groups -OCH3 is 1. The van der Waals surface area contributed by atoms with Gasteiger partial charge in [0, 0.05) is 24.3 Å². The van der Waals surface area contributed by atoms with Crippen molar-refractivity contribution >= 4 is 17.5 Å². The minimum absolute atomic E-state index is 0.0188. The quantitative estimate of drug-likeness (QED) is 0.372. The number of carbonyl (C=O) groups is 1. The Morgan fingerprint density at radius 3 is 2.21 bits per heavy atom. The van der Waals surface area contributed by atoms with E-state index in [0.717, 1.165) is 60.3 Å². The number of benzene rings is 2. The Labute approximate surface area is 232 Å². The van der Waals surface area contributed by atoms with Crippen molar-refractivity contribution in [3.8, 4) is 11.5 Å². The monoisotopic (exact) mass is 539 g/mol. The molecule has 0 N–H and O–H groups in total. The number of hydrogen-bond donors (Lipinski definition) is 0. The van der Waals surface area contributed by atoms with Crippen LogP contribution in [0, 0.1) is 17.8 Å². The second-order valence-corrected chi connectivity index (χ2v) is 12.1. The zero-order valence-electron chi connectivity index (χ0n) is 23.3. The largest absolute Gasteiger partial charge is 0.493 e. The number of fused-ring (bicyclic) bond motifs is 1. The number of halogens is 1. The van der Waals surface area contributed by atoms with Crippen LogP contribution in [0.1, 0.15) is 82.0 Å². The topological polar surface area (TPSA) is 48.0 Å². The van der Waals surface area contributed by atoms with Crippen LogP contribution in [0.3, 0.4) is 0 Å². The van der Waals surface area contributed by atoms with E-state index in [-0.39, 0.29) is 24.1 Å². The molecule has 0 unspecified atom stereocenters. The van der Waals surface area contributed by atoms with Crippen LogP contribution in [0.5, 0.6) is 11.5 Å². The van der Waals surface area contributed by atoms with Crippen molar-refractivity contribution in [2.75, 3.05) is 20.3 Å². The van der Waals surface area contributed by atoms with Crippen LogP contribution in [0.25, 0.3) is 0 Å². The minimum Gasteiger partial charge on any atom is -0.493 e. The fourth-order valence-corrected chi connectivity index (χ4v) is 7.14. The van der Waals surface area contributed by atoms with Gasteiger partial charge in [-0.1, -0.05) is 30.7 Å². The van der Waals surface area contributed by atoms with E-state index >= 15 is 0 Å². The first-order valence-electron chi connectivity index (χ1n) is 14.4. The summed E-state index contributed by atoms with van der Waals surface area (Å²) in [5.41, 5.74) is 3.23. The van der Waals surface area contributed by atoms with Crippen LogP contribution in [0.2, 0.25) is 5.02 Å². The number of ether oxygens (including phenoxy) is 3. The molecule has 0 spiro atoms. The summed E-state index contributed by atoms with van der Waals surface area (Å²) in [6.45, 7) is 8.30.